The van der Waals surface area contributed by atoms with Crippen molar-refractivity contribution in [3.63, 3.8) is 0 Å². The number of aromatic nitrogens is 4. The van der Waals surface area contributed by atoms with Crippen LogP contribution in [0.5, 0.6) is 5.75 Å². The molecule has 0 bridgehead atoms. The summed E-state index contributed by atoms with van der Waals surface area (Å²) in [6.45, 7) is 6.61. The van der Waals surface area contributed by atoms with E-state index in [0.29, 0.717) is 27.4 Å². The monoisotopic (exact) mass is 498 g/mol. The van der Waals surface area contributed by atoms with E-state index in [1.54, 1.807) is 37.6 Å². The van der Waals surface area contributed by atoms with E-state index >= 15 is 0 Å². The molecule has 2 N–H and O–H groups in total. The van der Waals surface area contributed by atoms with Gasteiger partial charge in [-0.25, -0.2) is 9.59 Å². The number of rotatable bonds is 6. The number of methoxy groups -OCH3 is 1. The van der Waals surface area contributed by atoms with Crippen LogP contribution in [0.25, 0.3) is 22.3 Å². The maximum Gasteiger partial charge on any atom is 0.425 e. The van der Waals surface area contributed by atoms with E-state index in [0.717, 1.165) is 25.9 Å². The Morgan fingerprint density at radius 2 is 1.92 bits per heavy atom. The van der Waals surface area contributed by atoms with Crippen LogP contribution < -0.4 is 15.0 Å². The summed E-state index contributed by atoms with van der Waals surface area (Å²) in [6, 6.07) is 9.09. The largest absolute Gasteiger partial charge is 0.467 e. The van der Waals surface area contributed by atoms with Crippen molar-refractivity contribution < 1.29 is 28.9 Å². The van der Waals surface area contributed by atoms with Gasteiger partial charge >= 0.3 is 12.2 Å². The average Bonchev–Trinajstić information content (AvgIpc) is 3.20. The average molecular weight is 499 g/mol. The molecule has 3 aromatic rings. The lowest BCUT2D eigenvalue weighted by Gasteiger charge is -2.24. The van der Waals surface area contributed by atoms with Gasteiger partial charge in [-0.05, 0) is 64.9 Å². The third-order valence-electron chi connectivity index (χ3n) is 5.56. The summed E-state index contributed by atoms with van der Waals surface area (Å²) in [6.07, 6.45) is -1.02. The fraction of sp³-hybridized carbons (Fsp3) is 0.458. The van der Waals surface area contributed by atoms with Crippen LogP contribution in [0.2, 0.25) is 0 Å². The lowest BCUT2D eigenvalue weighted by Crippen LogP contribution is -2.40. The summed E-state index contributed by atoms with van der Waals surface area (Å²) >= 11 is 0. The Bertz CT molecular complexity index is 1250. The molecular formula is C24H30N6O6. The fourth-order valence-corrected chi connectivity index (χ4v) is 4.02. The second-order valence-electron chi connectivity index (χ2n) is 9.36. The highest BCUT2D eigenvalue weighted by molar-refractivity contribution is 6.12. The summed E-state index contributed by atoms with van der Waals surface area (Å²) in [4.78, 5) is 25.5. The lowest BCUT2D eigenvalue weighted by atomic mass is 10.1. The predicted molar refractivity (Wildman–Crippen MR) is 131 cm³/mol. The highest BCUT2D eigenvalue weighted by atomic mass is 16.7. The first-order valence-electron chi connectivity index (χ1n) is 11.6. The van der Waals surface area contributed by atoms with Gasteiger partial charge < -0.3 is 24.6 Å². The molecular weight excluding hydrogens is 468 g/mol. The number of carbonyl (C=O) groups excluding carboxylic acids is 1. The van der Waals surface area contributed by atoms with Crippen LogP contribution in [0, 0.1) is 0 Å². The van der Waals surface area contributed by atoms with Gasteiger partial charge in [0.15, 0.2) is 18.1 Å². The molecule has 1 aromatic carbocycles. The topological polar surface area (TPSA) is 141 Å². The number of hydrogen-bond donors (Lipinski definition) is 2. The van der Waals surface area contributed by atoms with Crippen molar-refractivity contribution in [3.05, 3.63) is 30.3 Å². The summed E-state index contributed by atoms with van der Waals surface area (Å²) in [5.74, 6) is 0.412. The fourth-order valence-electron chi connectivity index (χ4n) is 4.02. The standard InChI is InChI=1S/C24H30N6O6/c1-24(2,3)36-23(33)29(22(31)32)21-20-18(30(28-21)15-9-11-25-12-10-15)13-17(26-27-20)16-7-5-6-8-19(16)35-14-34-4/h5-8,13,15,25H,9-12,14H2,1-4H3,(H,31,32). The van der Waals surface area contributed by atoms with Crippen molar-refractivity contribution in [2.45, 2.75) is 45.3 Å². The number of nitrogens with zero attached hydrogens (tertiary/aromatic N) is 5. The number of piperidine rings is 1. The van der Waals surface area contributed by atoms with Gasteiger partial charge in [0.1, 0.15) is 11.4 Å². The normalized spacial score (nSPS) is 14.6. The first-order valence-corrected chi connectivity index (χ1v) is 11.6. The number of carboxylic acid groups (broad SMARTS) is 1. The predicted octanol–water partition coefficient (Wildman–Crippen LogP) is 3.82. The van der Waals surface area contributed by atoms with E-state index in [2.05, 4.69) is 20.6 Å². The molecule has 0 saturated carbocycles. The minimum atomic E-state index is -1.52. The van der Waals surface area contributed by atoms with Gasteiger partial charge in [0.25, 0.3) is 0 Å². The third-order valence-corrected chi connectivity index (χ3v) is 5.56. The minimum Gasteiger partial charge on any atom is -0.467 e. The van der Waals surface area contributed by atoms with Crippen molar-refractivity contribution >= 4 is 29.0 Å². The van der Waals surface area contributed by atoms with E-state index in [1.165, 1.54) is 7.11 Å². The van der Waals surface area contributed by atoms with Crippen LogP contribution in [0.1, 0.15) is 39.7 Å². The zero-order chi connectivity index (χ0) is 25.9. The molecule has 1 aliphatic heterocycles. The number of para-hydroxylation sites is 1. The van der Waals surface area contributed by atoms with Crippen molar-refractivity contribution in [3.8, 4) is 17.0 Å². The van der Waals surface area contributed by atoms with E-state index in [-0.39, 0.29) is 24.2 Å². The molecule has 2 aromatic heterocycles. The Balaban J connectivity index is 1.86. The number of amides is 2. The van der Waals surface area contributed by atoms with Crippen LogP contribution in [0.3, 0.4) is 0 Å². The van der Waals surface area contributed by atoms with Crippen molar-refractivity contribution in [2.24, 2.45) is 0 Å². The number of fused-ring (bicyclic) bond motifs is 1. The van der Waals surface area contributed by atoms with Gasteiger partial charge in [0.2, 0.25) is 0 Å². The highest BCUT2D eigenvalue weighted by Crippen LogP contribution is 2.34. The number of anilines is 1. The van der Waals surface area contributed by atoms with Gasteiger partial charge in [0.05, 0.1) is 17.3 Å². The third kappa shape index (κ3) is 5.39. The molecule has 1 fully saturated rings. The summed E-state index contributed by atoms with van der Waals surface area (Å²) in [5, 5.41) is 26.5. The van der Waals surface area contributed by atoms with Crippen LogP contribution in [-0.4, -0.2) is 69.9 Å². The maximum absolute atomic E-state index is 12.9. The molecule has 4 rings (SSSR count). The summed E-state index contributed by atoms with van der Waals surface area (Å²) in [5.41, 5.74) is 1.03. The van der Waals surface area contributed by atoms with Crippen LogP contribution in [0.15, 0.2) is 30.3 Å². The molecule has 12 nitrogen and oxygen atoms in total. The number of ether oxygens (including phenoxy) is 3. The molecule has 1 aliphatic rings. The first kappa shape index (κ1) is 25.3. The Kier molecular flexibility index (Phi) is 7.36. The van der Waals surface area contributed by atoms with E-state index in [4.69, 9.17) is 14.2 Å². The summed E-state index contributed by atoms with van der Waals surface area (Å²) < 4.78 is 17.8. The molecule has 0 atom stereocenters. The number of imide groups is 1. The number of nitrogens with one attached hydrogen (secondary N) is 1. The smallest absolute Gasteiger partial charge is 0.425 e. The molecule has 2 amide bonds. The Morgan fingerprint density at radius 3 is 2.58 bits per heavy atom. The van der Waals surface area contributed by atoms with Crippen LogP contribution in [-0.2, 0) is 9.47 Å². The number of hydrogen-bond acceptors (Lipinski definition) is 9. The molecule has 3 heterocycles. The van der Waals surface area contributed by atoms with Crippen LogP contribution >= 0.6 is 0 Å². The van der Waals surface area contributed by atoms with E-state index in [9.17, 15) is 14.7 Å². The molecule has 0 unspecified atom stereocenters. The van der Waals surface area contributed by atoms with Gasteiger partial charge in [-0.15, -0.1) is 10.2 Å². The Morgan fingerprint density at radius 1 is 1.19 bits per heavy atom. The second kappa shape index (κ2) is 10.5. The molecule has 1 saturated heterocycles. The Labute approximate surface area is 208 Å². The molecule has 12 heteroatoms. The maximum atomic E-state index is 12.9. The molecule has 0 radical (unpaired) electrons. The molecule has 0 aliphatic carbocycles. The molecule has 0 spiro atoms. The number of carbonyl (C=O) groups is 2. The van der Waals surface area contributed by atoms with Gasteiger partial charge in [0, 0.05) is 12.7 Å². The Hall–Kier alpha value is -3.77. The first-order chi connectivity index (χ1) is 17.2. The van der Waals surface area contributed by atoms with Crippen molar-refractivity contribution in [1.29, 1.82) is 0 Å². The SMILES string of the molecule is COCOc1ccccc1-c1cc2c(nn1)c(N(C(=O)O)C(=O)OC(C)(C)C)nn2C1CCNCC1. The highest BCUT2D eigenvalue weighted by Gasteiger charge is 2.34. The molecule has 192 valence electrons. The van der Waals surface area contributed by atoms with Crippen molar-refractivity contribution in [2.75, 3.05) is 31.9 Å². The van der Waals surface area contributed by atoms with E-state index in [1.807, 2.05) is 18.2 Å². The van der Waals surface area contributed by atoms with Gasteiger partial charge in [-0.2, -0.15) is 10.00 Å². The van der Waals surface area contributed by atoms with Crippen LogP contribution in [0.4, 0.5) is 15.4 Å². The zero-order valence-corrected chi connectivity index (χ0v) is 20.7. The lowest BCUT2D eigenvalue weighted by molar-refractivity contribution is 0.0515. The minimum absolute atomic E-state index is 0.0196. The van der Waals surface area contributed by atoms with Gasteiger partial charge in [-0.1, -0.05) is 12.1 Å². The zero-order valence-electron chi connectivity index (χ0n) is 20.7. The van der Waals surface area contributed by atoms with Gasteiger partial charge in [-0.3, -0.25) is 4.68 Å². The van der Waals surface area contributed by atoms with Crippen molar-refractivity contribution in [1.82, 2.24) is 25.3 Å². The molecule has 36 heavy (non-hydrogen) atoms. The van der Waals surface area contributed by atoms with E-state index < -0.39 is 17.8 Å². The number of benzene rings is 1. The second-order valence-corrected chi connectivity index (χ2v) is 9.36. The summed E-state index contributed by atoms with van der Waals surface area (Å²) in [7, 11) is 1.53. The quantitative estimate of drug-likeness (QED) is 0.482.